The van der Waals surface area contributed by atoms with Crippen LogP contribution in [-0.4, -0.2) is 55.6 Å². The minimum Gasteiger partial charge on any atom is -0.356 e. The smallest absolute Gasteiger partial charge is 0.191 e. The number of aliphatic imine (C=N–C) groups is 1. The standard InChI is InChI=1S/C17H27N5O2S.HI/c1-4-25(23,24)13-11-20-17(18-3)19-10-7-12-22-14(2)21-15-8-5-6-9-16(15)22;/h5-6,8-9H,4,7,10-13H2,1-3H3,(H2,18,19,20);1H. The Balaban J connectivity index is 0.00000338. The van der Waals surface area contributed by atoms with E-state index in [1.54, 1.807) is 14.0 Å². The minimum atomic E-state index is -2.96. The number of nitrogens with one attached hydrogen (secondary N) is 2. The van der Waals surface area contributed by atoms with E-state index in [4.69, 9.17) is 0 Å². The molecule has 2 aromatic rings. The summed E-state index contributed by atoms with van der Waals surface area (Å²) in [5.41, 5.74) is 2.16. The maximum Gasteiger partial charge on any atom is 0.191 e. The van der Waals surface area contributed by atoms with Crippen molar-refractivity contribution in [3.05, 3.63) is 30.1 Å². The van der Waals surface area contributed by atoms with Gasteiger partial charge in [-0.15, -0.1) is 24.0 Å². The van der Waals surface area contributed by atoms with Crippen LogP contribution in [0.15, 0.2) is 29.3 Å². The van der Waals surface area contributed by atoms with Crippen LogP contribution in [-0.2, 0) is 16.4 Å². The number of hydrogen-bond donors (Lipinski definition) is 2. The number of benzene rings is 1. The van der Waals surface area contributed by atoms with Crippen LogP contribution in [0.1, 0.15) is 19.2 Å². The average molecular weight is 493 g/mol. The van der Waals surface area contributed by atoms with Crippen molar-refractivity contribution in [3.63, 3.8) is 0 Å². The van der Waals surface area contributed by atoms with Gasteiger partial charge in [0.1, 0.15) is 5.82 Å². The summed E-state index contributed by atoms with van der Waals surface area (Å²) in [5.74, 6) is 1.91. The van der Waals surface area contributed by atoms with Crippen molar-refractivity contribution >= 4 is 50.8 Å². The largest absolute Gasteiger partial charge is 0.356 e. The monoisotopic (exact) mass is 493 g/mol. The summed E-state index contributed by atoms with van der Waals surface area (Å²) in [4.78, 5) is 8.68. The molecule has 146 valence electrons. The number of fused-ring (bicyclic) bond motifs is 1. The van der Waals surface area contributed by atoms with Gasteiger partial charge in [-0.2, -0.15) is 0 Å². The zero-order valence-electron chi connectivity index (χ0n) is 15.5. The number of hydrogen-bond acceptors (Lipinski definition) is 4. The number of imidazole rings is 1. The van der Waals surface area contributed by atoms with Gasteiger partial charge in [-0.1, -0.05) is 19.1 Å². The highest BCUT2D eigenvalue weighted by atomic mass is 127. The lowest BCUT2D eigenvalue weighted by Crippen LogP contribution is -2.40. The molecule has 0 amide bonds. The summed E-state index contributed by atoms with van der Waals surface area (Å²) in [6.07, 6.45) is 0.912. The van der Waals surface area contributed by atoms with Gasteiger partial charge in [0.15, 0.2) is 15.8 Å². The SMILES string of the molecule is CCS(=O)(=O)CCNC(=NC)NCCCn1c(C)nc2ccccc21.I. The summed E-state index contributed by atoms with van der Waals surface area (Å²) < 4.78 is 25.2. The molecule has 0 unspecified atom stereocenters. The zero-order valence-corrected chi connectivity index (χ0v) is 18.7. The Hall–Kier alpha value is -1.36. The molecule has 0 atom stereocenters. The highest BCUT2D eigenvalue weighted by molar-refractivity contribution is 14.0. The second kappa shape index (κ2) is 10.7. The molecule has 0 spiro atoms. The van der Waals surface area contributed by atoms with Crippen molar-refractivity contribution in [2.75, 3.05) is 31.6 Å². The fourth-order valence-electron chi connectivity index (χ4n) is 2.61. The average Bonchev–Trinajstić information content (AvgIpc) is 2.92. The van der Waals surface area contributed by atoms with Gasteiger partial charge in [-0.25, -0.2) is 13.4 Å². The van der Waals surface area contributed by atoms with Crippen molar-refractivity contribution in [2.24, 2.45) is 4.99 Å². The maximum absolute atomic E-state index is 11.5. The van der Waals surface area contributed by atoms with E-state index in [1.165, 1.54) is 0 Å². The molecule has 0 fully saturated rings. The number of guanidine groups is 1. The van der Waals surface area contributed by atoms with Crippen LogP contribution in [0, 0.1) is 6.92 Å². The lowest BCUT2D eigenvalue weighted by atomic mass is 10.3. The van der Waals surface area contributed by atoms with Crippen molar-refractivity contribution in [3.8, 4) is 0 Å². The summed E-state index contributed by atoms with van der Waals surface area (Å²) in [6, 6.07) is 8.12. The van der Waals surface area contributed by atoms with Gasteiger partial charge >= 0.3 is 0 Å². The lowest BCUT2D eigenvalue weighted by Gasteiger charge is -2.12. The number of halogens is 1. The molecule has 7 nitrogen and oxygen atoms in total. The van der Waals surface area contributed by atoms with Crippen molar-refractivity contribution < 1.29 is 8.42 Å². The van der Waals surface area contributed by atoms with Gasteiger partial charge < -0.3 is 15.2 Å². The molecule has 0 aliphatic carbocycles. The van der Waals surface area contributed by atoms with E-state index in [-0.39, 0.29) is 35.5 Å². The number of nitrogens with zero attached hydrogens (tertiary/aromatic N) is 3. The highest BCUT2D eigenvalue weighted by Gasteiger charge is 2.08. The predicted octanol–water partition coefficient (Wildman–Crippen LogP) is 1.95. The Morgan fingerprint density at radius 2 is 1.92 bits per heavy atom. The van der Waals surface area contributed by atoms with Gasteiger partial charge in [0.05, 0.1) is 16.8 Å². The predicted molar refractivity (Wildman–Crippen MR) is 118 cm³/mol. The molecule has 0 saturated heterocycles. The molecule has 0 saturated carbocycles. The maximum atomic E-state index is 11.5. The van der Waals surface area contributed by atoms with Gasteiger partial charge in [0, 0.05) is 32.4 Å². The molecule has 1 aromatic carbocycles. The summed E-state index contributed by atoms with van der Waals surface area (Å²) >= 11 is 0. The first-order valence-electron chi connectivity index (χ1n) is 8.53. The third-order valence-electron chi connectivity index (χ3n) is 4.07. The van der Waals surface area contributed by atoms with E-state index < -0.39 is 9.84 Å². The van der Waals surface area contributed by atoms with Crippen molar-refractivity contribution in [1.82, 2.24) is 20.2 Å². The fourth-order valence-corrected chi connectivity index (χ4v) is 3.31. The molecule has 0 radical (unpaired) electrons. The molecule has 0 aliphatic heterocycles. The van der Waals surface area contributed by atoms with Gasteiger partial charge in [-0.05, 0) is 25.5 Å². The Bertz CT molecular complexity index is 833. The van der Waals surface area contributed by atoms with Crippen molar-refractivity contribution in [2.45, 2.75) is 26.8 Å². The number of aromatic nitrogens is 2. The van der Waals surface area contributed by atoms with Gasteiger partial charge in [-0.3, -0.25) is 4.99 Å². The fraction of sp³-hybridized carbons (Fsp3) is 0.529. The molecule has 1 heterocycles. The van der Waals surface area contributed by atoms with Crippen LogP contribution in [0.5, 0.6) is 0 Å². The number of sulfone groups is 1. The van der Waals surface area contributed by atoms with Crippen LogP contribution in [0.3, 0.4) is 0 Å². The number of aryl methyl sites for hydroxylation is 2. The zero-order chi connectivity index (χ0) is 18.3. The van der Waals surface area contributed by atoms with Crippen LogP contribution in [0.25, 0.3) is 11.0 Å². The lowest BCUT2D eigenvalue weighted by molar-refractivity contribution is 0.595. The van der Waals surface area contributed by atoms with E-state index >= 15 is 0 Å². The van der Waals surface area contributed by atoms with Crippen LogP contribution >= 0.6 is 24.0 Å². The molecule has 2 rings (SSSR count). The van der Waals surface area contributed by atoms with Crippen LogP contribution in [0.4, 0.5) is 0 Å². The Morgan fingerprint density at radius 3 is 2.62 bits per heavy atom. The summed E-state index contributed by atoms with van der Waals surface area (Å²) in [7, 11) is -1.28. The first kappa shape index (κ1) is 22.7. The Morgan fingerprint density at radius 1 is 1.23 bits per heavy atom. The molecular weight excluding hydrogens is 465 g/mol. The van der Waals surface area contributed by atoms with Gasteiger partial charge in [0.25, 0.3) is 0 Å². The first-order valence-corrected chi connectivity index (χ1v) is 10.4. The first-order chi connectivity index (χ1) is 12.0. The molecule has 0 bridgehead atoms. The number of rotatable bonds is 8. The van der Waals surface area contributed by atoms with E-state index in [0.29, 0.717) is 12.5 Å². The second-order valence-electron chi connectivity index (χ2n) is 5.82. The van der Waals surface area contributed by atoms with Crippen LogP contribution < -0.4 is 10.6 Å². The molecule has 0 aliphatic rings. The minimum absolute atomic E-state index is 0. The molecule has 9 heteroatoms. The van der Waals surface area contributed by atoms with E-state index in [1.807, 2.05) is 25.1 Å². The quantitative estimate of drug-likeness (QED) is 0.254. The Labute approximate surface area is 172 Å². The topological polar surface area (TPSA) is 88.4 Å². The molecular formula is C17H28IN5O2S. The normalized spacial score (nSPS) is 12.0. The second-order valence-corrected chi connectivity index (χ2v) is 8.29. The van der Waals surface area contributed by atoms with E-state index in [9.17, 15) is 8.42 Å². The summed E-state index contributed by atoms with van der Waals surface area (Å²) in [6.45, 7) is 5.64. The van der Waals surface area contributed by atoms with Crippen LogP contribution in [0.2, 0.25) is 0 Å². The van der Waals surface area contributed by atoms with Crippen molar-refractivity contribution in [1.29, 1.82) is 0 Å². The molecule has 1 aromatic heterocycles. The third-order valence-corrected chi connectivity index (χ3v) is 5.77. The number of para-hydroxylation sites is 2. The highest BCUT2D eigenvalue weighted by Crippen LogP contribution is 2.15. The van der Waals surface area contributed by atoms with E-state index in [2.05, 4.69) is 31.2 Å². The summed E-state index contributed by atoms with van der Waals surface area (Å²) in [5, 5.41) is 6.25. The van der Waals surface area contributed by atoms with Gasteiger partial charge in [0.2, 0.25) is 0 Å². The van der Waals surface area contributed by atoms with E-state index in [0.717, 1.165) is 36.4 Å². The Kier molecular flexibility index (Phi) is 9.34. The molecule has 2 N–H and O–H groups in total. The third kappa shape index (κ3) is 6.42. The molecule has 26 heavy (non-hydrogen) atoms.